The highest BCUT2D eigenvalue weighted by Crippen LogP contribution is 2.25. The summed E-state index contributed by atoms with van der Waals surface area (Å²) in [5.41, 5.74) is 2.80. The zero-order valence-corrected chi connectivity index (χ0v) is 15.2. The predicted octanol–water partition coefficient (Wildman–Crippen LogP) is 2.78. The summed E-state index contributed by atoms with van der Waals surface area (Å²) in [4.78, 5) is 13.4. The van der Waals surface area contributed by atoms with Gasteiger partial charge in [0.25, 0.3) is 0 Å². The molecule has 5 nitrogen and oxygen atoms in total. The van der Waals surface area contributed by atoms with Gasteiger partial charge in [0.1, 0.15) is 5.82 Å². The van der Waals surface area contributed by atoms with Gasteiger partial charge in [-0.25, -0.2) is 4.98 Å². The van der Waals surface area contributed by atoms with Crippen LogP contribution in [-0.2, 0) is 13.0 Å². The Morgan fingerprint density at radius 1 is 1.26 bits per heavy atom. The molecule has 2 heterocycles. The van der Waals surface area contributed by atoms with Crippen LogP contribution in [0.15, 0.2) is 34.9 Å². The van der Waals surface area contributed by atoms with Gasteiger partial charge >= 0.3 is 0 Å². The van der Waals surface area contributed by atoms with E-state index in [-0.39, 0.29) is 0 Å². The lowest BCUT2D eigenvalue weighted by molar-refractivity contribution is 0.425. The van der Waals surface area contributed by atoms with E-state index in [0.717, 1.165) is 42.9 Å². The van der Waals surface area contributed by atoms with Crippen molar-refractivity contribution in [2.24, 2.45) is 0 Å². The summed E-state index contributed by atoms with van der Waals surface area (Å²) in [6, 6.07) is 8.52. The van der Waals surface area contributed by atoms with E-state index in [1.54, 1.807) is 0 Å². The summed E-state index contributed by atoms with van der Waals surface area (Å²) in [5.74, 6) is 1.69. The molecule has 23 heavy (non-hydrogen) atoms. The van der Waals surface area contributed by atoms with E-state index in [1.165, 1.54) is 11.1 Å². The van der Waals surface area contributed by atoms with Gasteiger partial charge in [0.05, 0.1) is 0 Å². The fraction of sp³-hybridized carbons (Fsp3) is 0.412. The number of rotatable bonds is 5. The van der Waals surface area contributed by atoms with Crippen LogP contribution in [0.1, 0.15) is 11.1 Å². The maximum atomic E-state index is 4.66. The third-order valence-corrected chi connectivity index (χ3v) is 4.48. The third-order valence-electron chi connectivity index (χ3n) is 3.99. The zero-order chi connectivity index (χ0) is 16.2. The second-order valence-corrected chi connectivity index (χ2v) is 6.97. The van der Waals surface area contributed by atoms with Crippen molar-refractivity contribution in [1.29, 1.82) is 0 Å². The monoisotopic (exact) mass is 375 g/mol. The molecule has 0 bridgehead atoms. The summed E-state index contributed by atoms with van der Waals surface area (Å²) in [6.07, 6.45) is 2.87. The SMILES string of the molecule is CN(C)CCNc1nccc(N2CCc3cc(Br)ccc3C2)n1. The minimum Gasteiger partial charge on any atom is -0.353 e. The van der Waals surface area contributed by atoms with Crippen LogP contribution in [0.2, 0.25) is 0 Å². The van der Waals surface area contributed by atoms with Crippen LogP contribution in [0.3, 0.4) is 0 Å². The van der Waals surface area contributed by atoms with Crippen molar-refractivity contribution in [3.63, 3.8) is 0 Å². The number of nitrogens with one attached hydrogen (secondary N) is 1. The van der Waals surface area contributed by atoms with Crippen LogP contribution in [0.25, 0.3) is 0 Å². The van der Waals surface area contributed by atoms with E-state index >= 15 is 0 Å². The lowest BCUT2D eigenvalue weighted by Gasteiger charge is -2.30. The Morgan fingerprint density at radius 3 is 2.96 bits per heavy atom. The fourth-order valence-corrected chi connectivity index (χ4v) is 3.13. The third kappa shape index (κ3) is 4.20. The molecule has 1 N–H and O–H groups in total. The summed E-state index contributed by atoms with van der Waals surface area (Å²) >= 11 is 3.55. The molecule has 0 aliphatic carbocycles. The Bertz CT molecular complexity index is 674. The first-order valence-corrected chi connectivity index (χ1v) is 8.65. The van der Waals surface area contributed by atoms with E-state index in [9.17, 15) is 0 Å². The smallest absolute Gasteiger partial charge is 0.224 e. The Hall–Kier alpha value is -1.66. The van der Waals surface area contributed by atoms with E-state index in [1.807, 2.05) is 12.3 Å². The normalized spacial score (nSPS) is 14.0. The second kappa shape index (κ2) is 7.27. The average molecular weight is 376 g/mol. The highest BCUT2D eigenvalue weighted by Gasteiger charge is 2.18. The fourth-order valence-electron chi connectivity index (χ4n) is 2.72. The first-order valence-electron chi connectivity index (χ1n) is 7.86. The number of hydrogen-bond donors (Lipinski definition) is 1. The van der Waals surface area contributed by atoms with E-state index in [0.29, 0.717) is 5.95 Å². The molecule has 122 valence electrons. The molecule has 3 rings (SSSR count). The van der Waals surface area contributed by atoms with Gasteiger partial charge in [-0.15, -0.1) is 0 Å². The zero-order valence-electron chi connectivity index (χ0n) is 13.6. The van der Waals surface area contributed by atoms with Crippen molar-refractivity contribution < 1.29 is 0 Å². The van der Waals surface area contributed by atoms with Gasteiger partial charge in [-0.1, -0.05) is 22.0 Å². The molecule has 0 saturated heterocycles. The predicted molar refractivity (Wildman–Crippen MR) is 98.0 cm³/mol. The summed E-state index contributed by atoms with van der Waals surface area (Å²) in [7, 11) is 4.12. The van der Waals surface area contributed by atoms with Crippen molar-refractivity contribution in [2.45, 2.75) is 13.0 Å². The van der Waals surface area contributed by atoms with Crippen molar-refractivity contribution in [3.8, 4) is 0 Å². The van der Waals surface area contributed by atoms with Crippen LogP contribution in [-0.4, -0.2) is 48.6 Å². The van der Waals surface area contributed by atoms with Gasteiger partial charge in [-0.3, -0.25) is 0 Å². The first-order chi connectivity index (χ1) is 11.1. The summed E-state index contributed by atoms with van der Waals surface area (Å²) in [5, 5.41) is 3.29. The van der Waals surface area contributed by atoms with Crippen molar-refractivity contribution >= 4 is 27.7 Å². The standard InChI is InChI=1S/C17H22BrN5/c1-22(2)10-8-20-17-19-7-5-16(21-17)23-9-6-13-11-15(18)4-3-14(13)12-23/h3-5,7,11H,6,8-10,12H2,1-2H3,(H,19,20,21). The maximum Gasteiger partial charge on any atom is 0.224 e. The number of anilines is 2. The first kappa shape index (κ1) is 16.2. The largest absolute Gasteiger partial charge is 0.353 e. The number of nitrogens with zero attached hydrogens (tertiary/aromatic N) is 4. The Balaban J connectivity index is 1.69. The molecule has 0 unspecified atom stereocenters. The number of aromatic nitrogens is 2. The van der Waals surface area contributed by atoms with Gasteiger partial charge in [-0.05, 0) is 49.8 Å². The van der Waals surface area contributed by atoms with Gasteiger partial charge in [-0.2, -0.15) is 4.98 Å². The van der Waals surface area contributed by atoms with Gasteiger partial charge in [0.15, 0.2) is 0 Å². The summed E-state index contributed by atoms with van der Waals surface area (Å²) in [6.45, 7) is 3.68. The molecule has 0 radical (unpaired) electrons. The lowest BCUT2D eigenvalue weighted by atomic mass is 10.00. The molecule has 1 aliphatic heterocycles. The highest BCUT2D eigenvalue weighted by molar-refractivity contribution is 9.10. The minimum atomic E-state index is 0.700. The molecule has 0 saturated carbocycles. The minimum absolute atomic E-state index is 0.700. The quantitative estimate of drug-likeness (QED) is 0.870. The van der Waals surface area contributed by atoms with E-state index in [4.69, 9.17) is 0 Å². The topological polar surface area (TPSA) is 44.3 Å². The van der Waals surface area contributed by atoms with E-state index in [2.05, 4.69) is 73.3 Å². The molecule has 2 aromatic rings. The number of hydrogen-bond acceptors (Lipinski definition) is 5. The number of benzene rings is 1. The van der Waals surface area contributed by atoms with Crippen molar-refractivity contribution in [3.05, 3.63) is 46.1 Å². The Labute approximate surface area is 145 Å². The van der Waals surface area contributed by atoms with Crippen LogP contribution < -0.4 is 10.2 Å². The van der Waals surface area contributed by atoms with Crippen molar-refractivity contribution in [1.82, 2.24) is 14.9 Å². The Morgan fingerprint density at radius 2 is 2.13 bits per heavy atom. The van der Waals surface area contributed by atoms with Crippen LogP contribution in [0.4, 0.5) is 11.8 Å². The van der Waals surface area contributed by atoms with Gasteiger partial charge in [0, 0.05) is 36.8 Å². The van der Waals surface area contributed by atoms with Gasteiger partial charge < -0.3 is 15.1 Å². The number of halogens is 1. The number of fused-ring (bicyclic) bond motifs is 1. The van der Waals surface area contributed by atoms with E-state index < -0.39 is 0 Å². The molecule has 1 aromatic carbocycles. The summed E-state index contributed by atoms with van der Waals surface area (Å²) < 4.78 is 1.15. The lowest BCUT2D eigenvalue weighted by Crippen LogP contribution is -2.31. The van der Waals surface area contributed by atoms with Crippen LogP contribution in [0.5, 0.6) is 0 Å². The van der Waals surface area contributed by atoms with Crippen LogP contribution >= 0.6 is 15.9 Å². The molecule has 0 atom stereocenters. The van der Waals surface area contributed by atoms with Gasteiger partial charge in [0.2, 0.25) is 5.95 Å². The average Bonchev–Trinajstić information content (AvgIpc) is 2.54. The molecule has 0 fully saturated rings. The second-order valence-electron chi connectivity index (χ2n) is 6.05. The maximum absolute atomic E-state index is 4.66. The molecule has 1 aromatic heterocycles. The molecule has 6 heteroatoms. The Kier molecular flexibility index (Phi) is 5.13. The molecule has 0 amide bonds. The molecular formula is C17H22BrN5. The molecule has 0 spiro atoms. The molecule has 1 aliphatic rings. The van der Waals surface area contributed by atoms with Crippen LogP contribution in [0, 0.1) is 0 Å². The molecular weight excluding hydrogens is 354 g/mol. The van der Waals surface area contributed by atoms with Crippen molar-refractivity contribution in [2.75, 3.05) is 43.9 Å². The highest BCUT2D eigenvalue weighted by atomic mass is 79.9. The number of likely N-dealkylation sites (N-methyl/N-ethyl adjacent to an activating group) is 1.